The molecule has 2 aromatic heterocycles. The van der Waals surface area contributed by atoms with Gasteiger partial charge in [-0.15, -0.1) is 0 Å². The largest absolute Gasteiger partial charge is 0.357 e. The quantitative estimate of drug-likeness (QED) is 0.769. The van der Waals surface area contributed by atoms with Crippen molar-refractivity contribution in [3.8, 4) is 0 Å². The Kier molecular flexibility index (Phi) is 3.47. The molecule has 0 spiro atoms. The van der Waals surface area contributed by atoms with E-state index < -0.39 is 0 Å². The molecule has 0 saturated heterocycles. The summed E-state index contributed by atoms with van der Waals surface area (Å²) in [6, 6.07) is 8.00. The molecular weight excluding hydrogens is 318 g/mol. The van der Waals surface area contributed by atoms with Crippen LogP contribution in [0, 0.1) is 0 Å². The van der Waals surface area contributed by atoms with E-state index in [0.29, 0.717) is 11.8 Å². The molecular formula is C14H12BrN5. The molecule has 2 heterocycles. The van der Waals surface area contributed by atoms with Crippen LogP contribution in [0.2, 0.25) is 0 Å². The van der Waals surface area contributed by atoms with Gasteiger partial charge in [0.2, 0.25) is 5.95 Å². The number of halogens is 1. The fraction of sp³-hybridized carbons (Fsp3) is 0.0714. The molecule has 0 aliphatic rings. The number of fused-ring (bicyclic) bond motifs is 1. The Bertz CT molecular complexity index is 754. The van der Waals surface area contributed by atoms with E-state index in [-0.39, 0.29) is 0 Å². The van der Waals surface area contributed by atoms with Crippen LogP contribution in [0.15, 0.2) is 47.3 Å². The van der Waals surface area contributed by atoms with E-state index in [4.69, 9.17) is 0 Å². The van der Waals surface area contributed by atoms with Gasteiger partial charge >= 0.3 is 0 Å². The summed E-state index contributed by atoms with van der Waals surface area (Å²) >= 11 is 3.45. The molecule has 0 atom stereocenters. The summed E-state index contributed by atoms with van der Waals surface area (Å²) < 4.78 is 0.808. The van der Waals surface area contributed by atoms with Crippen LogP contribution in [-0.2, 0) is 0 Å². The van der Waals surface area contributed by atoms with Crippen LogP contribution >= 0.6 is 15.9 Å². The van der Waals surface area contributed by atoms with Crippen LogP contribution in [0.25, 0.3) is 10.8 Å². The zero-order chi connectivity index (χ0) is 13.9. The van der Waals surface area contributed by atoms with Gasteiger partial charge in [0.1, 0.15) is 5.82 Å². The lowest BCUT2D eigenvalue weighted by Crippen LogP contribution is -2.01. The van der Waals surface area contributed by atoms with Crippen molar-refractivity contribution in [1.29, 1.82) is 0 Å². The molecule has 2 N–H and O–H groups in total. The third-order valence-electron chi connectivity index (χ3n) is 2.90. The van der Waals surface area contributed by atoms with Crippen LogP contribution in [0.4, 0.5) is 17.5 Å². The monoisotopic (exact) mass is 329 g/mol. The van der Waals surface area contributed by atoms with Gasteiger partial charge < -0.3 is 10.6 Å². The van der Waals surface area contributed by atoms with Crippen molar-refractivity contribution in [2.45, 2.75) is 0 Å². The predicted molar refractivity (Wildman–Crippen MR) is 84.3 cm³/mol. The maximum atomic E-state index is 4.40. The highest BCUT2D eigenvalue weighted by Gasteiger charge is 2.07. The Morgan fingerprint density at radius 2 is 2.05 bits per heavy atom. The van der Waals surface area contributed by atoms with Crippen LogP contribution in [-0.4, -0.2) is 22.0 Å². The van der Waals surface area contributed by atoms with E-state index in [1.165, 1.54) is 0 Å². The minimum absolute atomic E-state index is 0.567. The van der Waals surface area contributed by atoms with Crippen molar-refractivity contribution in [2.24, 2.45) is 0 Å². The Balaban J connectivity index is 2.05. The Labute approximate surface area is 124 Å². The second-order valence-electron chi connectivity index (χ2n) is 4.17. The molecule has 20 heavy (non-hydrogen) atoms. The van der Waals surface area contributed by atoms with Gasteiger partial charge in [-0.25, -0.2) is 4.98 Å². The summed E-state index contributed by atoms with van der Waals surface area (Å²) in [5.41, 5.74) is 0.978. The SMILES string of the molecule is CNc1ncc(Br)c(Nc2cccc3cnccc23)n1. The van der Waals surface area contributed by atoms with E-state index in [0.717, 1.165) is 20.9 Å². The van der Waals surface area contributed by atoms with E-state index in [1.807, 2.05) is 30.5 Å². The van der Waals surface area contributed by atoms with Gasteiger partial charge in [0, 0.05) is 42.1 Å². The Morgan fingerprint density at radius 3 is 2.90 bits per heavy atom. The lowest BCUT2D eigenvalue weighted by Gasteiger charge is -2.11. The van der Waals surface area contributed by atoms with Crippen molar-refractivity contribution in [3.05, 3.63) is 47.3 Å². The molecule has 100 valence electrons. The van der Waals surface area contributed by atoms with Gasteiger partial charge in [-0.05, 0) is 28.1 Å². The minimum Gasteiger partial charge on any atom is -0.357 e. The molecule has 3 rings (SSSR count). The fourth-order valence-electron chi connectivity index (χ4n) is 1.93. The maximum absolute atomic E-state index is 4.40. The second-order valence-corrected chi connectivity index (χ2v) is 5.02. The van der Waals surface area contributed by atoms with Gasteiger partial charge in [0.05, 0.1) is 4.47 Å². The average Bonchev–Trinajstić information content (AvgIpc) is 2.50. The standard InChI is InChI=1S/C14H12BrN5/c1-16-14-18-8-11(15)13(20-14)19-12-4-2-3-9-7-17-6-5-10(9)12/h2-8H,1H3,(H2,16,18,19,20). The first-order valence-electron chi connectivity index (χ1n) is 6.08. The minimum atomic E-state index is 0.567. The molecule has 0 amide bonds. The smallest absolute Gasteiger partial charge is 0.224 e. The molecule has 1 aromatic carbocycles. The maximum Gasteiger partial charge on any atom is 0.224 e. The highest BCUT2D eigenvalue weighted by Crippen LogP contribution is 2.28. The number of benzene rings is 1. The van der Waals surface area contributed by atoms with E-state index >= 15 is 0 Å². The van der Waals surface area contributed by atoms with E-state index in [1.54, 1.807) is 19.4 Å². The summed E-state index contributed by atoms with van der Waals surface area (Å²) in [6.45, 7) is 0. The third-order valence-corrected chi connectivity index (χ3v) is 3.48. The van der Waals surface area contributed by atoms with E-state index in [9.17, 15) is 0 Å². The Hall–Kier alpha value is -2.21. The van der Waals surface area contributed by atoms with Gasteiger partial charge in [-0.1, -0.05) is 12.1 Å². The first kappa shape index (κ1) is 12.8. The van der Waals surface area contributed by atoms with Gasteiger partial charge in [0.25, 0.3) is 0 Å². The van der Waals surface area contributed by atoms with Crippen molar-refractivity contribution >= 4 is 44.2 Å². The lowest BCUT2D eigenvalue weighted by atomic mass is 10.1. The topological polar surface area (TPSA) is 62.7 Å². The molecule has 5 nitrogen and oxygen atoms in total. The summed E-state index contributed by atoms with van der Waals surface area (Å²) in [5, 5.41) is 8.43. The van der Waals surface area contributed by atoms with Crippen LogP contribution in [0.3, 0.4) is 0 Å². The number of pyridine rings is 1. The molecule has 6 heteroatoms. The molecule has 0 radical (unpaired) electrons. The predicted octanol–water partition coefficient (Wildman–Crippen LogP) is 3.57. The zero-order valence-electron chi connectivity index (χ0n) is 10.8. The van der Waals surface area contributed by atoms with Crippen LogP contribution in [0.5, 0.6) is 0 Å². The second kappa shape index (κ2) is 5.42. The van der Waals surface area contributed by atoms with Gasteiger partial charge in [0.15, 0.2) is 0 Å². The highest BCUT2D eigenvalue weighted by molar-refractivity contribution is 9.10. The molecule has 0 saturated carbocycles. The summed E-state index contributed by atoms with van der Waals surface area (Å²) in [5.74, 6) is 1.28. The highest BCUT2D eigenvalue weighted by atomic mass is 79.9. The van der Waals surface area contributed by atoms with Crippen LogP contribution in [0.1, 0.15) is 0 Å². The summed E-state index contributed by atoms with van der Waals surface area (Å²) in [7, 11) is 1.79. The normalized spacial score (nSPS) is 10.5. The van der Waals surface area contributed by atoms with Crippen molar-refractivity contribution in [2.75, 3.05) is 17.7 Å². The molecule has 3 aromatic rings. The summed E-state index contributed by atoms with van der Waals surface area (Å²) in [4.78, 5) is 12.7. The first-order chi connectivity index (χ1) is 9.78. The summed E-state index contributed by atoms with van der Waals surface area (Å²) in [6.07, 6.45) is 5.34. The third kappa shape index (κ3) is 2.42. The fourth-order valence-corrected chi connectivity index (χ4v) is 2.22. The van der Waals surface area contributed by atoms with Crippen LogP contribution < -0.4 is 10.6 Å². The first-order valence-corrected chi connectivity index (χ1v) is 6.87. The number of rotatable bonds is 3. The average molecular weight is 330 g/mol. The van der Waals surface area contributed by atoms with E-state index in [2.05, 4.69) is 41.5 Å². The molecule has 0 unspecified atom stereocenters. The molecule has 0 aliphatic carbocycles. The number of nitrogens with one attached hydrogen (secondary N) is 2. The lowest BCUT2D eigenvalue weighted by molar-refractivity contribution is 1.14. The number of nitrogens with zero attached hydrogens (tertiary/aromatic N) is 3. The van der Waals surface area contributed by atoms with Crippen molar-refractivity contribution in [1.82, 2.24) is 15.0 Å². The van der Waals surface area contributed by atoms with Gasteiger partial charge in [-0.3, -0.25) is 4.98 Å². The van der Waals surface area contributed by atoms with Crippen molar-refractivity contribution < 1.29 is 0 Å². The Morgan fingerprint density at radius 1 is 1.15 bits per heavy atom. The van der Waals surface area contributed by atoms with Crippen molar-refractivity contribution in [3.63, 3.8) is 0 Å². The molecule has 0 fully saturated rings. The molecule has 0 bridgehead atoms. The zero-order valence-corrected chi connectivity index (χ0v) is 12.3. The number of aromatic nitrogens is 3. The number of anilines is 3. The van der Waals surface area contributed by atoms with Gasteiger partial charge in [-0.2, -0.15) is 4.98 Å². The molecule has 0 aliphatic heterocycles. The number of hydrogen-bond acceptors (Lipinski definition) is 5. The number of hydrogen-bond donors (Lipinski definition) is 2.